The molecule has 2 aromatic carbocycles. The van der Waals surface area contributed by atoms with Crippen molar-refractivity contribution in [2.45, 2.75) is 20.5 Å². The number of non-ortho nitro benzene ring substituents is 1. The highest BCUT2D eigenvalue weighted by Crippen LogP contribution is 2.24. The molecule has 0 aliphatic rings. The fraction of sp³-hybridized carbons (Fsp3) is 0.158. The average Bonchev–Trinajstić information content (AvgIpc) is 2.98. The maximum atomic E-state index is 11.1. The molecule has 3 rings (SSSR count). The van der Waals surface area contributed by atoms with Crippen molar-refractivity contribution in [2.24, 2.45) is 0 Å². The molecule has 0 saturated heterocycles. The van der Waals surface area contributed by atoms with E-state index in [9.17, 15) is 14.9 Å². The van der Waals surface area contributed by atoms with Crippen LogP contribution in [0.25, 0.3) is 5.69 Å². The number of aldehydes is 1. The molecule has 0 aliphatic carbocycles. The summed E-state index contributed by atoms with van der Waals surface area (Å²) in [5.74, 6) is 0.313. The van der Waals surface area contributed by atoms with Gasteiger partial charge in [0.2, 0.25) is 0 Å². The van der Waals surface area contributed by atoms with Gasteiger partial charge >= 0.3 is 0 Å². The number of hydrogen-bond donors (Lipinski definition) is 0. The molecule has 0 fully saturated rings. The molecule has 0 N–H and O–H groups in total. The number of nitrogens with zero attached hydrogens (tertiary/aromatic N) is 3. The molecule has 3 aromatic rings. The minimum absolute atomic E-state index is 0.145. The van der Waals surface area contributed by atoms with Gasteiger partial charge < -0.3 is 4.74 Å². The zero-order valence-electron chi connectivity index (χ0n) is 14.4. The summed E-state index contributed by atoms with van der Waals surface area (Å²) in [6.07, 6.45) is 0.550. The Bertz CT molecular complexity index is 961. The molecule has 0 aliphatic heterocycles. The quantitative estimate of drug-likeness (QED) is 0.383. The average molecular weight is 351 g/mol. The van der Waals surface area contributed by atoms with E-state index in [4.69, 9.17) is 4.74 Å². The SMILES string of the molecule is Cc1cc(C)n(-c2ccc(COc3ccc([N+](=O)[O-])cc3C=O)cc2)n1. The van der Waals surface area contributed by atoms with E-state index in [1.54, 1.807) is 0 Å². The summed E-state index contributed by atoms with van der Waals surface area (Å²) in [6, 6.07) is 13.7. The molecule has 1 heterocycles. The van der Waals surface area contributed by atoms with Crippen LogP contribution in [0.4, 0.5) is 5.69 Å². The van der Waals surface area contributed by atoms with Crippen molar-refractivity contribution in [3.05, 3.63) is 81.2 Å². The number of rotatable bonds is 6. The number of benzene rings is 2. The van der Waals surface area contributed by atoms with Crippen molar-refractivity contribution < 1.29 is 14.5 Å². The number of aromatic nitrogens is 2. The molecule has 26 heavy (non-hydrogen) atoms. The van der Waals surface area contributed by atoms with E-state index in [2.05, 4.69) is 5.10 Å². The van der Waals surface area contributed by atoms with E-state index < -0.39 is 4.92 Å². The Morgan fingerprint density at radius 1 is 1.15 bits per heavy atom. The molecule has 1 aromatic heterocycles. The van der Waals surface area contributed by atoms with Gasteiger partial charge in [-0.3, -0.25) is 14.9 Å². The molecule has 0 unspecified atom stereocenters. The van der Waals surface area contributed by atoms with Crippen LogP contribution < -0.4 is 4.74 Å². The van der Waals surface area contributed by atoms with E-state index in [0.717, 1.165) is 22.6 Å². The van der Waals surface area contributed by atoms with Crippen LogP contribution in [0.15, 0.2) is 48.5 Å². The largest absolute Gasteiger partial charge is 0.488 e. The van der Waals surface area contributed by atoms with E-state index in [0.29, 0.717) is 12.0 Å². The van der Waals surface area contributed by atoms with Gasteiger partial charge in [0, 0.05) is 17.8 Å². The predicted octanol–water partition coefficient (Wildman–Crippen LogP) is 3.79. The highest BCUT2D eigenvalue weighted by atomic mass is 16.6. The number of hydrogen-bond acceptors (Lipinski definition) is 5. The first kappa shape index (κ1) is 17.3. The Labute approximate surface area is 150 Å². The highest BCUT2D eigenvalue weighted by molar-refractivity contribution is 5.80. The lowest BCUT2D eigenvalue weighted by atomic mass is 10.2. The third-order valence-electron chi connectivity index (χ3n) is 3.92. The monoisotopic (exact) mass is 351 g/mol. The van der Waals surface area contributed by atoms with Crippen molar-refractivity contribution in [3.63, 3.8) is 0 Å². The molecular formula is C19H17N3O4. The van der Waals surface area contributed by atoms with Gasteiger partial charge in [-0.2, -0.15) is 5.10 Å². The molecule has 0 spiro atoms. The number of ether oxygens (including phenoxy) is 1. The summed E-state index contributed by atoms with van der Waals surface area (Å²) in [5.41, 5.74) is 3.86. The Balaban J connectivity index is 1.73. The lowest BCUT2D eigenvalue weighted by molar-refractivity contribution is -0.384. The highest BCUT2D eigenvalue weighted by Gasteiger charge is 2.11. The van der Waals surface area contributed by atoms with Gasteiger partial charge in [0.05, 0.1) is 21.9 Å². The summed E-state index contributed by atoms with van der Waals surface area (Å²) in [4.78, 5) is 21.4. The number of nitro groups is 1. The number of carbonyl (C=O) groups is 1. The fourth-order valence-corrected chi connectivity index (χ4v) is 2.66. The van der Waals surface area contributed by atoms with Gasteiger partial charge in [-0.1, -0.05) is 12.1 Å². The van der Waals surface area contributed by atoms with Gasteiger partial charge in [-0.25, -0.2) is 4.68 Å². The second-order valence-corrected chi connectivity index (χ2v) is 5.89. The summed E-state index contributed by atoms with van der Waals surface area (Å²) in [6.45, 7) is 4.18. The molecule has 0 atom stereocenters. The van der Waals surface area contributed by atoms with Gasteiger partial charge in [-0.15, -0.1) is 0 Å². The van der Waals surface area contributed by atoms with Crippen LogP contribution in [0.2, 0.25) is 0 Å². The predicted molar refractivity (Wildman–Crippen MR) is 95.9 cm³/mol. The second kappa shape index (κ2) is 7.18. The van der Waals surface area contributed by atoms with E-state index >= 15 is 0 Å². The summed E-state index contributed by atoms with van der Waals surface area (Å²) in [5, 5.41) is 15.2. The van der Waals surface area contributed by atoms with Gasteiger partial charge in [0.25, 0.3) is 5.69 Å². The first-order chi connectivity index (χ1) is 12.5. The Morgan fingerprint density at radius 2 is 1.88 bits per heavy atom. The molecule has 0 saturated carbocycles. The van der Waals surface area contributed by atoms with Crippen LogP contribution in [0.5, 0.6) is 5.75 Å². The van der Waals surface area contributed by atoms with Crippen molar-refractivity contribution in [1.29, 1.82) is 0 Å². The van der Waals surface area contributed by atoms with Crippen LogP contribution in [0, 0.1) is 24.0 Å². The maximum Gasteiger partial charge on any atom is 0.270 e. The Kier molecular flexibility index (Phi) is 4.79. The molecule has 132 valence electrons. The first-order valence-corrected chi connectivity index (χ1v) is 7.97. The van der Waals surface area contributed by atoms with Crippen molar-refractivity contribution >= 4 is 12.0 Å². The van der Waals surface area contributed by atoms with E-state index in [1.807, 2.05) is 48.9 Å². The van der Waals surface area contributed by atoms with Crippen molar-refractivity contribution in [1.82, 2.24) is 9.78 Å². The van der Waals surface area contributed by atoms with Crippen LogP contribution in [-0.2, 0) is 6.61 Å². The summed E-state index contributed by atoms with van der Waals surface area (Å²) in [7, 11) is 0. The van der Waals surface area contributed by atoms with Gasteiger partial charge in [0.1, 0.15) is 12.4 Å². The number of nitro benzene ring substituents is 1. The molecule has 0 amide bonds. The van der Waals surface area contributed by atoms with E-state index in [-0.39, 0.29) is 17.9 Å². The Morgan fingerprint density at radius 3 is 2.46 bits per heavy atom. The zero-order chi connectivity index (χ0) is 18.7. The van der Waals surface area contributed by atoms with E-state index in [1.165, 1.54) is 18.2 Å². The summed E-state index contributed by atoms with van der Waals surface area (Å²) >= 11 is 0. The zero-order valence-corrected chi connectivity index (χ0v) is 14.4. The first-order valence-electron chi connectivity index (χ1n) is 7.97. The number of carbonyl (C=O) groups excluding carboxylic acids is 1. The number of aryl methyl sites for hydroxylation is 2. The minimum atomic E-state index is -0.547. The van der Waals surface area contributed by atoms with Crippen molar-refractivity contribution in [3.8, 4) is 11.4 Å². The fourth-order valence-electron chi connectivity index (χ4n) is 2.66. The molecule has 7 heteroatoms. The third-order valence-corrected chi connectivity index (χ3v) is 3.92. The van der Waals surface area contributed by atoms with Gasteiger partial charge in [0.15, 0.2) is 6.29 Å². The van der Waals surface area contributed by atoms with Crippen LogP contribution in [-0.4, -0.2) is 21.0 Å². The minimum Gasteiger partial charge on any atom is -0.488 e. The molecule has 0 radical (unpaired) electrons. The third kappa shape index (κ3) is 3.61. The van der Waals surface area contributed by atoms with Crippen LogP contribution in [0.1, 0.15) is 27.3 Å². The van der Waals surface area contributed by atoms with Gasteiger partial charge in [-0.05, 0) is 43.7 Å². The molecule has 7 nitrogen and oxygen atoms in total. The standard InChI is InChI=1S/C19H17N3O4/c1-13-9-14(2)21(20-13)17-5-3-15(4-6-17)12-26-19-8-7-18(22(24)25)10-16(19)11-23/h3-11H,12H2,1-2H3. The van der Waals surface area contributed by atoms with Crippen molar-refractivity contribution in [2.75, 3.05) is 0 Å². The molecular weight excluding hydrogens is 334 g/mol. The lowest BCUT2D eigenvalue weighted by Gasteiger charge is -2.10. The normalized spacial score (nSPS) is 10.5. The lowest BCUT2D eigenvalue weighted by Crippen LogP contribution is -2.01. The molecule has 0 bridgehead atoms. The summed E-state index contributed by atoms with van der Waals surface area (Å²) < 4.78 is 7.51. The topological polar surface area (TPSA) is 87.3 Å². The smallest absolute Gasteiger partial charge is 0.270 e. The Hall–Kier alpha value is -3.48. The maximum absolute atomic E-state index is 11.1. The van der Waals surface area contributed by atoms with Crippen LogP contribution >= 0.6 is 0 Å². The second-order valence-electron chi connectivity index (χ2n) is 5.89. The van der Waals surface area contributed by atoms with Crippen LogP contribution in [0.3, 0.4) is 0 Å².